The second-order valence-electron chi connectivity index (χ2n) is 4.76. The van der Waals surface area contributed by atoms with E-state index in [1.165, 1.54) is 0 Å². The average molecular weight is 330 g/mol. The van der Waals surface area contributed by atoms with Crippen molar-refractivity contribution in [1.82, 2.24) is 4.90 Å². The first-order valence-corrected chi connectivity index (χ1v) is 7.26. The molecule has 5 heteroatoms. The topological polar surface area (TPSA) is 30.9 Å². The minimum absolute atomic E-state index is 0.319. The summed E-state index contributed by atoms with van der Waals surface area (Å²) in [6, 6.07) is 5.93. The van der Waals surface area contributed by atoms with Gasteiger partial charge in [-0.15, -0.1) is 0 Å². The number of nitrogens with zero attached hydrogens (tertiary/aromatic N) is 1. The van der Waals surface area contributed by atoms with Gasteiger partial charge in [-0.1, -0.05) is 15.9 Å². The molecule has 0 saturated carbocycles. The van der Waals surface area contributed by atoms with Crippen molar-refractivity contribution in [1.29, 1.82) is 0 Å². The molecule has 0 radical (unpaired) electrons. The number of hydrogen-bond donors (Lipinski definition) is 0. The van der Waals surface area contributed by atoms with Gasteiger partial charge in [-0.05, 0) is 38.7 Å². The highest BCUT2D eigenvalue weighted by atomic mass is 79.9. The maximum Gasteiger partial charge on any atom is 0.187 e. The molecule has 0 aromatic heterocycles. The van der Waals surface area contributed by atoms with E-state index in [1.807, 2.05) is 32.3 Å². The predicted octanol–water partition coefficient (Wildman–Crippen LogP) is 2.83. The van der Waals surface area contributed by atoms with Gasteiger partial charge in [-0.3, -0.25) is 0 Å². The van der Waals surface area contributed by atoms with E-state index in [0.29, 0.717) is 6.61 Å². The van der Waals surface area contributed by atoms with Gasteiger partial charge in [0.05, 0.1) is 18.8 Å². The molecule has 0 bridgehead atoms. The van der Waals surface area contributed by atoms with Gasteiger partial charge in [0.15, 0.2) is 6.29 Å². The van der Waals surface area contributed by atoms with Crippen LogP contribution in [0.25, 0.3) is 0 Å². The van der Waals surface area contributed by atoms with Crippen LogP contribution in [0.4, 0.5) is 0 Å². The van der Waals surface area contributed by atoms with Crippen molar-refractivity contribution in [3.05, 3.63) is 28.2 Å². The number of ether oxygens (including phenoxy) is 3. The Morgan fingerprint density at radius 1 is 1.32 bits per heavy atom. The summed E-state index contributed by atoms with van der Waals surface area (Å²) in [4.78, 5) is 2.09. The van der Waals surface area contributed by atoms with Crippen LogP contribution in [0.15, 0.2) is 22.7 Å². The van der Waals surface area contributed by atoms with Gasteiger partial charge in [0.2, 0.25) is 0 Å². The molecule has 1 fully saturated rings. The van der Waals surface area contributed by atoms with Crippen LogP contribution in [0, 0.1) is 0 Å². The molecule has 0 amide bonds. The number of rotatable bonds is 5. The minimum atomic E-state index is -0.319. The van der Waals surface area contributed by atoms with E-state index in [-0.39, 0.29) is 6.29 Å². The first-order chi connectivity index (χ1) is 9.16. The zero-order valence-corrected chi connectivity index (χ0v) is 13.0. The molecule has 0 atom stereocenters. The summed E-state index contributed by atoms with van der Waals surface area (Å²) in [5.74, 6) is 0.831. The number of hydrogen-bond acceptors (Lipinski definition) is 4. The van der Waals surface area contributed by atoms with Crippen LogP contribution >= 0.6 is 15.9 Å². The van der Waals surface area contributed by atoms with E-state index in [4.69, 9.17) is 14.2 Å². The molecule has 2 rings (SSSR count). The lowest BCUT2D eigenvalue weighted by Gasteiger charge is -2.25. The largest absolute Gasteiger partial charge is 0.492 e. The van der Waals surface area contributed by atoms with E-state index < -0.39 is 0 Å². The zero-order valence-electron chi connectivity index (χ0n) is 11.4. The van der Waals surface area contributed by atoms with Crippen molar-refractivity contribution in [3.8, 4) is 5.75 Å². The summed E-state index contributed by atoms with van der Waals surface area (Å²) < 4.78 is 18.1. The molecular formula is C14H20BrNO3. The zero-order chi connectivity index (χ0) is 13.7. The SMILES string of the molecule is CN(C)CCOc1ccc(Br)cc1C1OCCCO1. The molecule has 1 aliphatic heterocycles. The Morgan fingerprint density at radius 2 is 2.05 bits per heavy atom. The van der Waals surface area contributed by atoms with Gasteiger partial charge in [-0.2, -0.15) is 0 Å². The maximum absolute atomic E-state index is 5.83. The maximum atomic E-state index is 5.83. The Hall–Kier alpha value is -0.620. The van der Waals surface area contributed by atoms with Gasteiger partial charge >= 0.3 is 0 Å². The van der Waals surface area contributed by atoms with Crippen molar-refractivity contribution in [3.63, 3.8) is 0 Å². The smallest absolute Gasteiger partial charge is 0.187 e. The van der Waals surface area contributed by atoms with Gasteiger partial charge in [0.25, 0.3) is 0 Å². The van der Waals surface area contributed by atoms with E-state index in [1.54, 1.807) is 0 Å². The Labute approximate surface area is 122 Å². The summed E-state index contributed by atoms with van der Waals surface area (Å²) >= 11 is 3.48. The van der Waals surface area contributed by atoms with E-state index >= 15 is 0 Å². The van der Waals surface area contributed by atoms with Crippen LogP contribution in [0.5, 0.6) is 5.75 Å². The molecule has 0 spiro atoms. The van der Waals surface area contributed by atoms with Gasteiger partial charge in [0.1, 0.15) is 12.4 Å². The van der Waals surface area contributed by atoms with E-state index in [0.717, 1.165) is 42.0 Å². The fourth-order valence-electron chi connectivity index (χ4n) is 1.84. The Bertz CT molecular complexity index is 406. The van der Waals surface area contributed by atoms with Crippen molar-refractivity contribution in [2.75, 3.05) is 40.5 Å². The Kier molecular flexibility index (Phi) is 5.63. The van der Waals surface area contributed by atoms with Crippen LogP contribution in [0.2, 0.25) is 0 Å². The lowest BCUT2D eigenvalue weighted by molar-refractivity contribution is -0.183. The second-order valence-corrected chi connectivity index (χ2v) is 5.68. The van der Waals surface area contributed by atoms with Crippen molar-refractivity contribution < 1.29 is 14.2 Å². The lowest BCUT2D eigenvalue weighted by Crippen LogP contribution is -2.21. The van der Waals surface area contributed by atoms with Crippen LogP contribution in [0.3, 0.4) is 0 Å². The number of benzene rings is 1. The third-order valence-electron chi connectivity index (χ3n) is 2.85. The standard InChI is InChI=1S/C14H20BrNO3/c1-16(2)6-9-17-13-5-4-11(15)10-12(13)14-18-7-3-8-19-14/h4-5,10,14H,3,6-9H2,1-2H3. The van der Waals surface area contributed by atoms with Crippen LogP contribution in [0.1, 0.15) is 18.3 Å². The number of likely N-dealkylation sites (N-methyl/N-ethyl adjacent to an activating group) is 1. The predicted molar refractivity (Wildman–Crippen MR) is 77.5 cm³/mol. The fraction of sp³-hybridized carbons (Fsp3) is 0.571. The van der Waals surface area contributed by atoms with E-state index in [2.05, 4.69) is 20.8 Å². The van der Waals surface area contributed by atoms with Crippen molar-refractivity contribution >= 4 is 15.9 Å². The molecule has 1 saturated heterocycles. The minimum Gasteiger partial charge on any atom is -0.492 e. The summed E-state index contributed by atoms with van der Waals surface area (Å²) in [5.41, 5.74) is 0.952. The molecule has 0 unspecified atom stereocenters. The van der Waals surface area contributed by atoms with Crippen LogP contribution < -0.4 is 4.74 Å². The molecule has 0 N–H and O–H groups in total. The molecule has 1 aromatic carbocycles. The lowest BCUT2D eigenvalue weighted by atomic mass is 10.2. The van der Waals surface area contributed by atoms with Crippen molar-refractivity contribution in [2.45, 2.75) is 12.7 Å². The third-order valence-corrected chi connectivity index (χ3v) is 3.34. The molecule has 1 heterocycles. The first kappa shape index (κ1) is 14.8. The third kappa shape index (κ3) is 4.45. The Morgan fingerprint density at radius 3 is 2.74 bits per heavy atom. The molecule has 1 aromatic rings. The summed E-state index contributed by atoms with van der Waals surface area (Å²) in [6.45, 7) is 2.98. The number of halogens is 1. The second kappa shape index (κ2) is 7.24. The molecule has 1 aliphatic rings. The molecule has 19 heavy (non-hydrogen) atoms. The molecule has 0 aliphatic carbocycles. The average Bonchev–Trinajstić information content (AvgIpc) is 2.41. The molecule has 4 nitrogen and oxygen atoms in total. The summed E-state index contributed by atoms with van der Waals surface area (Å²) in [5, 5.41) is 0. The van der Waals surface area contributed by atoms with E-state index in [9.17, 15) is 0 Å². The highest BCUT2D eigenvalue weighted by molar-refractivity contribution is 9.10. The first-order valence-electron chi connectivity index (χ1n) is 6.47. The Balaban J connectivity index is 2.08. The van der Waals surface area contributed by atoms with Gasteiger partial charge in [0, 0.05) is 11.0 Å². The summed E-state index contributed by atoms with van der Waals surface area (Å²) in [6.07, 6.45) is 0.627. The highest BCUT2D eigenvalue weighted by Gasteiger charge is 2.21. The molecular weight excluding hydrogens is 310 g/mol. The highest BCUT2D eigenvalue weighted by Crippen LogP contribution is 2.33. The van der Waals surface area contributed by atoms with Crippen LogP contribution in [-0.4, -0.2) is 45.4 Å². The summed E-state index contributed by atoms with van der Waals surface area (Å²) in [7, 11) is 4.05. The quantitative estimate of drug-likeness (QED) is 0.831. The van der Waals surface area contributed by atoms with Gasteiger partial charge in [-0.25, -0.2) is 0 Å². The monoisotopic (exact) mass is 329 g/mol. The fourth-order valence-corrected chi connectivity index (χ4v) is 2.22. The normalized spacial score (nSPS) is 16.8. The van der Waals surface area contributed by atoms with Crippen molar-refractivity contribution in [2.24, 2.45) is 0 Å². The van der Waals surface area contributed by atoms with Gasteiger partial charge < -0.3 is 19.1 Å². The molecule has 106 valence electrons. The van der Waals surface area contributed by atoms with Crippen LogP contribution in [-0.2, 0) is 9.47 Å².